The Kier molecular flexibility index (Phi) is 5.31. The van der Waals surface area contributed by atoms with Crippen LogP contribution in [-0.2, 0) is 4.79 Å². The topological polar surface area (TPSA) is 81.7 Å². The lowest BCUT2D eigenvalue weighted by Gasteiger charge is -2.32. The highest BCUT2D eigenvalue weighted by Crippen LogP contribution is 2.17. The second kappa shape index (κ2) is 7.81. The molecule has 1 fully saturated rings. The van der Waals surface area contributed by atoms with E-state index in [1.54, 1.807) is 17.2 Å². The summed E-state index contributed by atoms with van der Waals surface area (Å²) in [6.07, 6.45) is 2.43. The molecular weight excluding hydrogens is 332 g/mol. The number of carbonyl (C=O) groups excluding carboxylic acids is 2. The van der Waals surface area contributed by atoms with E-state index < -0.39 is 0 Å². The number of nitrogens with zero attached hydrogens (tertiary/aromatic N) is 5. The minimum atomic E-state index is -0.280. The molecule has 1 aliphatic rings. The highest BCUT2D eigenvalue weighted by Gasteiger charge is 2.19. The highest BCUT2D eigenvalue weighted by atomic mass is 16.2. The summed E-state index contributed by atoms with van der Waals surface area (Å²) in [6, 6.07) is 9.18. The van der Waals surface area contributed by atoms with Gasteiger partial charge in [0.15, 0.2) is 0 Å². The first-order chi connectivity index (χ1) is 12.6. The second-order valence-electron chi connectivity index (χ2n) is 6.27. The van der Waals surface area contributed by atoms with Crippen molar-refractivity contribution in [3.8, 4) is 0 Å². The molecule has 1 aromatic heterocycles. The number of nitrogens with one attached hydrogen (secondary N) is 1. The maximum absolute atomic E-state index is 12.5. The molecule has 8 nitrogen and oxygen atoms in total. The van der Waals surface area contributed by atoms with Crippen LogP contribution in [0.25, 0.3) is 0 Å². The van der Waals surface area contributed by atoms with Crippen LogP contribution in [-0.4, -0.2) is 67.5 Å². The van der Waals surface area contributed by atoms with Crippen LogP contribution >= 0.6 is 0 Å². The summed E-state index contributed by atoms with van der Waals surface area (Å²) in [5.74, 6) is 0.226. The minimum Gasteiger partial charge on any atom is -0.378 e. The van der Waals surface area contributed by atoms with E-state index in [0.29, 0.717) is 43.5 Å². The third kappa shape index (κ3) is 4.08. The minimum absolute atomic E-state index is 0.280. The number of amides is 2. The van der Waals surface area contributed by atoms with Gasteiger partial charge in [0.25, 0.3) is 5.91 Å². The standard InChI is InChI=1S/C18H22N6O2/c1-22(2)15-5-3-14(4-6-15)20-17(26)16-7-8-19-18(21-16)24-11-9-23(13-25)10-12-24/h3-8,13H,9-12H2,1-2H3,(H,20,26). The van der Waals surface area contributed by atoms with E-state index in [1.807, 2.05) is 48.2 Å². The average Bonchev–Trinajstić information content (AvgIpc) is 2.68. The first kappa shape index (κ1) is 17.7. The number of anilines is 3. The van der Waals surface area contributed by atoms with Crippen LogP contribution in [0.4, 0.5) is 17.3 Å². The fourth-order valence-corrected chi connectivity index (χ4v) is 2.69. The zero-order valence-corrected chi connectivity index (χ0v) is 14.9. The van der Waals surface area contributed by atoms with Crippen molar-refractivity contribution in [2.24, 2.45) is 0 Å². The predicted molar refractivity (Wildman–Crippen MR) is 101 cm³/mol. The molecule has 0 aliphatic carbocycles. The zero-order valence-electron chi connectivity index (χ0n) is 14.9. The molecular formula is C18H22N6O2. The van der Waals surface area contributed by atoms with Gasteiger partial charge in [0, 0.05) is 57.8 Å². The highest BCUT2D eigenvalue weighted by molar-refractivity contribution is 6.03. The molecule has 0 radical (unpaired) electrons. The Balaban J connectivity index is 1.67. The van der Waals surface area contributed by atoms with Gasteiger partial charge in [-0.15, -0.1) is 0 Å². The molecule has 8 heteroatoms. The molecule has 0 spiro atoms. The van der Waals surface area contributed by atoms with Crippen molar-refractivity contribution in [3.63, 3.8) is 0 Å². The molecule has 3 rings (SSSR count). The van der Waals surface area contributed by atoms with Crippen LogP contribution in [0.3, 0.4) is 0 Å². The van der Waals surface area contributed by atoms with E-state index in [1.165, 1.54) is 0 Å². The van der Waals surface area contributed by atoms with Gasteiger partial charge in [-0.25, -0.2) is 9.97 Å². The monoisotopic (exact) mass is 354 g/mol. The summed E-state index contributed by atoms with van der Waals surface area (Å²) < 4.78 is 0. The maximum atomic E-state index is 12.5. The van der Waals surface area contributed by atoms with E-state index in [9.17, 15) is 9.59 Å². The van der Waals surface area contributed by atoms with Gasteiger partial charge in [-0.2, -0.15) is 0 Å². The van der Waals surface area contributed by atoms with E-state index in [0.717, 1.165) is 12.1 Å². The Morgan fingerprint density at radius 2 is 1.81 bits per heavy atom. The van der Waals surface area contributed by atoms with Crippen LogP contribution in [0.1, 0.15) is 10.5 Å². The molecule has 1 aromatic carbocycles. The van der Waals surface area contributed by atoms with Crippen molar-refractivity contribution in [2.75, 3.05) is 55.4 Å². The first-order valence-corrected chi connectivity index (χ1v) is 8.43. The van der Waals surface area contributed by atoms with E-state index >= 15 is 0 Å². The van der Waals surface area contributed by atoms with Crippen LogP contribution < -0.4 is 15.1 Å². The molecule has 26 heavy (non-hydrogen) atoms. The van der Waals surface area contributed by atoms with Crippen molar-refractivity contribution >= 4 is 29.6 Å². The van der Waals surface area contributed by atoms with Gasteiger partial charge < -0.3 is 20.0 Å². The molecule has 2 amide bonds. The Labute approximate surface area is 152 Å². The second-order valence-corrected chi connectivity index (χ2v) is 6.27. The number of benzene rings is 1. The molecule has 0 atom stereocenters. The average molecular weight is 354 g/mol. The molecule has 136 valence electrons. The lowest BCUT2D eigenvalue weighted by Crippen LogP contribution is -2.46. The van der Waals surface area contributed by atoms with Gasteiger partial charge in [-0.1, -0.05) is 0 Å². The molecule has 1 aliphatic heterocycles. The zero-order chi connectivity index (χ0) is 18.5. The van der Waals surface area contributed by atoms with Crippen molar-refractivity contribution in [1.29, 1.82) is 0 Å². The summed E-state index contributed by atoms with van der Waals surface area (Å²) in [5, 5.41) is 2.85. The van der Waals surface area contributed by atoms with Gasteiger partial charge in [0.1, 0.15) is 5.69 Å². The van der Waals surface area contributed by atoms with E-state index in [4.69, 9.17) is 0 Å². The van der Waals surface area contributed by atoms with Gasteiger partial charge in [0.2, 0.25) is 12.4 Å². The molecule has 0 unspecified atom stereocenters. The van der Waals surface area contributed by atoms with Gasteiger partial charge >= 0.3 is 0 Å². The van der Waals surface area contributed by atoms with E-state index in [-0.39, 0.29) is 5.91 Å². The van der Waals surface area contributed by atoms with Gasteiger partial charge in [-0.05, 0) is 30.3 Å². The molecule has 2 heterocycles. The van der Waals surface area contributed by atoms with Crippen molar-refractivity contribution < 1.29 is 9.59 Å². The Morgan fingerprint density at radius 3 is 2.42 bits per heavy atom. The number of hydrogen-bond acceptors (Lipinski definition) is 6. The summed E-state index contributed by atoms with van der Waals surface area (Å²) in [5.41, 5.74) is 2.08. The molecule has 1 saturated heterocycles. The number of piperazine rings is 1. The fraction of sp³-hybridized carbons (Fsp3) is 0.333. The maximum Gasteiger partial charge on any atom is 0.274 e. The van der Waals surface area contributed by atoms with Crippen LogP contribution in [0, 0.1) is 0 Å². The number of rotatable bonds is 5. The number of aromatic nitrogens is 2. The number of hydrogen-bond donors (Lipinski definition) is 1. The van der Waals surface area contributed by atoms with Crippen LogP contribution in [0.5, 0.6) is 0 Å². The normalized spacial score (nSPS) is 14.1. The van der Waals surface area contributed by atoms with E-state index in [2.05, 4.69) is 15.3 Å². The predicted octanol–water partition coefficient (Wildman–Crippen LogP) is 1.07. The SMILES string of the molecule is CN(C)c1ccc(NC(=O)c2ccnc(N3CCN(C=O)CC3)n2)cc1. The third-order valence-electron chi connectivity index (χ3n) is 4.26. The Bertz CT molecular complexity index is 770. The van der Waals surface area contributed by atoms with Crippen LogP contribution in [0.15, 0.2) is 36.5 Å². The van der Waals surface area contributed by atoms with Crippen molar-refractivity contribution in [2.45, 2.75) is 0 Å². The Hall–Kier alpha value is -3.16. The van der Waals surface area contributed by atoms with Gasteiger partial charge in [-0.3, -0.25) is 9.59 Å². The fourth-order valence-electron chi connectivity index (χ4n) is 2.69. The lowest BCUT2D eigenvalue weighted by molar-refractivity contribution is -0.118. The van der Waals surface area contributed by atoms with Gasteiger partial charge in [0.05, 0.1) is 0 Å². The first-order valence-electron chi connectivity index (χ1n) is 8.43. The van der Waals surface area contributed by atoms with Crippen molar-refractivity contribution in [1.82, 2.24) is 14.9 Å². The summed E-state index contributed by atoms with van der Waals surface area (Å²) in [4.78, 5) is 37.6. The lowest BCUT2D eigenvalue weighted by atomic mass is 10.2. The summed E-state index contributed by atoms with van der Waals surface area (Å²) >= 11 is 0. The smallest absolute Gasteiger partial charge is 0.274 e. The summed E-state index contributed by atoms with van der Waals surface area (Å²) in [7, 11) is 3.93. The molecule has 1 N–H and O–H groups in total. The molecule has 2 aromatic rings. The molecule has 0 bridgehead atoms. The number of carbonyl (C=O) groups is 2. The quantitative estimate of drug-likeness (QED) is 0.809. The molecule has 0 saturated carbocycles. The van der Waals surface area contributed by atoms with Crippen LogP contribution in [0.2, 0.25) is 0 Å². The van der Waals surface area contributed by atoms with Crippen molar-refractivity contribution in [3.05, 3.63) is 42.2 Å². The summed E-state index contributed by atoms with van der Waals surface area (Å²) in [6.45, 7) is 2.55. The third-order valence-corrected chi connectivity index (χ3v) is 4.26. The Morgan fingerprint density at radius 1 is 1.12 bits per heavy atom. The largest absolute Gasteiger partial charge is 0.378 e.